The van der Waals surface area contributed by atoms with Crippen LogP contribution in [0, 0.1) is 0 Å². The smallest absolute Gasteiger partial charge is 0.0794 e. The van der Waals surface area contributed by atoms with Gasteiger partial charge in [-0.05, 0) is 30.3 Å². The molecule has 1 aromatic carbocycles. The van der Waals surface area contributed by atoms with E-state index in [2.05, 4.69) is 17.2 Å². The minimum absolute atomic E-state index is 0.0544. The molecule has 0 fully saturated rings. The normalized spacial score (nSPS) is 12.6. The van der Waals surface area contributed by atoms with Crippen molar-refractivity contribution < 1.29 is 0 Å². The average molecular weight is 287 g/mol. The van der Waals surface area contributed by atoms with Crippen LogP contribution in [0.2, 0.25) is 10.0 Å². The van der Waals surface area contributed by atoms with Crippen LogP contribution >= 0.6 is 34.5 Å². The summed E-state index contributed by atoms with van der Waals surface area (Å²) in [7, 11) is 0. The van der Waals surface area contributed by atoms with E-state index in [4.69, 9.17) is 23.2 Å². The van der Waals surface area contributed by atoms with Gasteiger partial charge in [0.2, 0.25) is 0 Å². The maximum absolute atomic E-state index is 6.23. The van der Waals surface area contributed by atoms with Gasteiger partial charge in [-0.25, -0.2) is 0 Å². The molecule has 5 heteroatoms. The van der Waals surface area contributed by atoms with Crippen LogP contribution in [-0.4, -0.2) is 11.5 Å². The third-order valence-corrected chi connectivity index (χ3v) is 3.83. The number of nitrogens with one attached hydrogen (secondary N) is 1. The number of benzene rings is 1. The minimum Gasteiger partial charge on any atom is -0.306 e. The second-order valence-electron chi connectivity index (χ2n) is 3.56. The van der Waals surface area contributed by atoms with E-state index < -0.39 is 0 Å². The average Bonchev–Trinajstić information content (AvgIpc) is 2.83. The third-order valence-electron chi connectivity index (χ3n) is 2.41. The molecule has 2 aromatic rings. The number of rotatable bonds is 4. The molecular weight excluding hydrogens is 275 g/mol. The molecule has 2 rings (SSSR count). The number of thiazole rings is 1. The van der Waals surface area contributed by atoms with E-state index >= 15 is 0 Å². The van der Waals surface area contributed by atoms with Gasteiger partial charge in [-0.3, -0.25) is 4.98 Å². The third kappa shape index (κ3) is 2.99. The van der Waals surface area contributed by atoms with Crippen LogP contribution in [-0.2, 0) is 0 Å². The Morgan fingerprint density at radius 1 is 1.41 bits per heavy atom. The van der Waals surface area contributed by atoms with Crippen LogP contribution < -0.4 is 5.32 Å². The molecule has 0 saturated heterocycles. The second kappa shape index (κ2) is 5.83. The van der Waals surface area contributed by atoms with E-state index in [-0.39, 0.29) is 6.04 Å². The molecule has 0 aliphatic carbocycles. The molecule has 1 heterocycles. The first kappa shape index (κ1) is 12.8. The van der Waals surface area contributed by atoms with Crippen LogP contribution in [0.15, 0.2) is 29.9 Å². The molecule has 2 nitrogen and oxygen atoms in total. The van der Waals surface area contributed by atoms with Crippen molar-refractivity contribution in [2.75, 3.05) is 6.54 Å². The topological polar surface area (TPSA) is 24.9 Å². The van der Waals surface area contributed by atoms with Crippen LogP contribution in [0.3, 0.4) is 0 Å². The molecule has 0 saturated carbocycles. The van der Waals surface area contributed by atoms with Crippen molar-refractivity contribution in [2.24, 2.45) is 0 Å². The number of aromatic nitrogens is 1. The molecule has 1 aromatic heterocycles. The molecular formula is C12H12Cl2N2S. The van der Waals surface area contributed by atoms with Gasteiger partial charge in [0.1, 0.15) is 0 Å². The second-order valence-corrected chi connectivity index (χ2v) is 5.32. The van der Waals surface area contributed by atoms with E-state index in [1.807, 2.05) is 23.8 Å². The summed E-state index contributed by atoms with van der Waals surface area (Å²) in [5.41, 5.74) is 2.81. The van der Waals surface area contributed by atoms with E-state index in [0.717, 1.165) is 17.0 Å². The summed E-state index contributed by atoms with van der Waals surface area (Å²) < 4.78 is 0. The molecule has 1 N–H and O–H groups in total. The molecule has 0 bridgehead atoms. The molecule has 1 atom stereocenters. The Morgan fingerprint density at radius 2 is 2.24 bits per heavy atom. The van der Waals surface area contributed by atoms with Gasteiger partial charge in [-0.2, -0.15) is 0 Å². The largest absolute Gasteiger partial charge is 0.306 e. The highest BCUT2D eigenvalue weighted by Gasteiger charge is 2.17. The molecule has 17 heavy (non-hydrogen) atoms. The Balaban J connectivity index is 2.42. The predicted molar refractivity (Wildman–Crippen MR) is 74.1 cm³/mol. The quantitative estimate of drug-likeness (QED) is 0.913. The Bertz CT molecular complexity index is 485. The fourth-order valence-electron chi connectivity index (χ4n) is 1.67. The molecule has 0 radical (unpaired) electrons. The standard InChI is InChI=1S/C12H12Cl2N2S/c1-2-16-12(11-6-15-7-17-11)9-5-8(13)3-4-10(9)14/h3-7,12,16H,2H2,1H3. The first-order chi connectivity index (χ1) is 8.22. The fourth-order valence-corrected chi connectivity index (χ4v) is 2.79. The minimum atomic E-state index is 0.0544. The first-order valence-corrected chi connectivity index (χ1v) is 6.92. The summed E-state index contributed by atoms with van der Waals surface area (Å²) in [6.07, 6.45) is 1.86. The molecule has 0 amide bonds. The van der Waals surface area contributed by atoms with Crippen molar-refractivity contribution in [1.29, 1.82) is 0 Å². The zero-order chi connectivity index (χ0) is 12.3. The zero-order valence-corrected chi connectivity index (χ0v) is 11.6. The first-order valence-electron chi connectivity index (χ1n) is 5.29. The van der Waals surface area contributed by atoms with Gasteiger partial charge in [0, 0.05) is 21.1 Å². The van der Waals surface area contributed by atoms with Crippen molar-refractivity contribution in [1.82, 2.24) is 10.3 Å². The van der Waals surface area contributed by atoms with Crippen molar-refractivity contribution in [3.8, 4) is 0 Å². The summed E-state index contributed by atoms with van der Waals surface area (Å²) >= 11 is 13.9. The highest BCUT2D eigenvalue weighted by molar-refractivity contribution is 7.09. The predicted octanol–water partition coefficient (Wildman–Crippen LogP) is 4.15. The van der Waals surface area contributed by atoms with Crippen molar-refractivity contribution in [3.63, 3.8) is 0 Å². The van der Waals surface area contributed by atoms with Gasteiger partial charge in [-0.1, -0.05) is 30.1 Å². The maximum atomic E-state index is 6.23. The lowest BCUT2D eigenvalue weighted by molar-refractivity contribution is 0.639. The van der Waals surface area contributed by atoms with Crippen LogP contribution in [0.5, 0.6) is 0 Å². The maximum Gasteiger partial charge on any atom is 0.0794 e. The lowest BCUT2D eigenvalue weighted by Gasteiger charge is -2.18. The van der Waals surface area contributed by atoms with E-state index in [0.29, 0.717) is 10.0 Å². The molecule has 1 unspecified atom stereocenters. The summed E-state index contributed by atoms with van der Waals surface area (Å²) in [5.74, 6) is 0. The molecule has 0 aliphatic heterocycles. The van der Waals surface area contributed by atoms with Gasteiger partial charge in [0.25, 0.3) is 0 Å². The number of hydrogen-bond donors (Lipinski definition) is 1. The Morgan fingerprint density at radius 3 is 2.88 bits per heavy atom. The van der Waals surface area contributed by atoms with Gasteiger partial charge < -0.3 is 5.32 Å². The molecule has 90 valence electrons. The van der Waals surface area contributed by atoms with Gasteiger partial charge in [0.15, 0.2) is 0 Å². The van der Waals surface area contributed by atoms with Crippen LogP contribution in [0.4, 0.5) is 0 Å². The summed E-state index contributed by atoms with van der Waals surface area (Å²) in [6, 6.07) is 5.57. The van der Waals surface area contributed by atoms with Crippen molar-refractivity contribution in [3.05, 3.63) is 50.4 Å². The monoisotopic (exact) mass is 286 g/mol. The van der Waals surface area contributed by atoms with E-state index in [1.54, 1.807) is 17.4 Å². The highest BCUT2D eigenvalue weighted by atomic mass is 35.5. The van der Waals surface area contributed by atoms with Crippen molar-refractivity contribution >= 4 is 34.5 Å². The molecule has 0 spiro atoms. The Kier molecular flexibility index (Phi) is 4.40. The number of hydrogen-bond acceptors (Lipinski definition) is 3. The van der Waals surface area contributed by atoms with Crippen LogP contribution in [0.1, 0.15) is 23.4 Å². The van der Waals surface area contributed by atoms with Gasteiger partial charge in [0.05, 0.1) is 11.6 Å². The lowest BCUT2D eigenvalue weighted by atomic mass is 10.1. The lowest BCUT2D eigenvalue weighted by Crippen LogP contribution is -2.21. The Hall–Kier alpha value is -0.610. The van der Waals surface area contributed by atoms with Gasteiger partial charge in [-0.15, -0.1) is 11.3 Å². The number of halogens is 2. The molecule has 0 aliphatic rings. The van der Waals surface area contributed by atoms with Crippen molar-refractivity contribution in [2.45, 2.75) is 13.0 Å². The summed E-state index contributed by atoms with van der Waals surface area (Å²) in [4.78, 5) is 5.24. The fraction of sp³-hybridized carbons (Fsp3) is 0.250. The van der Waals surface area contributed by atoms with E-state index in [1.165, 1.54) is 0 Å². The van der Waals surface area contributed by atoms with E-state index in [9.17, 15) is 0 Å². The number of nitrogens with zero attached hydrogens (tertiary/aromatic N) is 1. The van der Waals surface area contributed by atoms with Gasteiger partial charge >= 0.3 is 0 Å². The SMILES string of the molecule is CCNC(c1cncs1)c1cc(Cl)ccc1Cl. The zero-order valence-electron chi connectivity index (χ0n) is 9.28. The Labute approximate surface area is 115 Å². The summed E-state index contributed by atoms with van der Waals surface area (Å²) in [6.45, 7) is 2.91. The highest BCUT2D eigenvalue weighted by Crippen LogP contribution is 2.32. The van der Waals surface area contributed by atoms with Crippen LogP contribution in [0.25, 0.3) is 0 Å². The summed E-state index contributed by atoms with van der Waals surface area (Å²) in [5, 5.41) is 4.80.